The van der Waals surface area contributed by atoms with Crippen LogP contribution in [-0.4, -0.2) is 49.0 Å². The molecule has 0 aliphatic carbocycles. The van der Waals surface area contributed by atoms with E-state index in [1.54, 1.807) is 18.2 Å². The Morgan fingerprint density at radius 2 is 1.83 bits per heavy atom. The molecule has 2 amide bonds. The van der Waals surface area contributed by atoms with Gasteiger partial charge in [0.15, 0.2) is 6.10 Å². The van der Waals surface area contributed by atoms with Crippen molar-refractivity contribution in [3.63, 3.8) is 0 Å². The summed E-state index contributed by atoms with van der Waals surface area (Å²) in [6, 6.07) is 12.4. The summed E-state index contributed by atoms with van der Waals surface area (Å²) in [6.45, 7) is 1.91. The largest absolute Gasteiger partial charge is 0.477 e. The van der Waals surface area contributed by atoms with E-state index in [1.807, 2.05) is 34.1 Å². The van der Waals surface area contributed by atoms with Gasteiger partial charge in [-0.3, -0.25) is 9.59 Å². The molecule has 0 radical (unpaired) electrons. The molecule has 4 rings (SSSR count). The normalized spacial score (nSPS) is 18.4. The summed E-state index contributed by atoms with van der Waals surface area (Å²) in [6.07, 6.45) is 2.55. The number of piperidine rings is 1. The van der Waals surface area contributed by atoms with Crippen LogP contribution < -0.4 is 15.0 Å². The monoisotopic (exact) mass is 447 g/mol. The van der Waals surface area contributed by atoms with Crippen LogP contribution in [0, 0.1) is 0 Å². The van der Waals surface area contributed by atoms with E-state index in [0.717, 1.165) is 38.0 Å². The third-order valence-electron chi connectivity index (χ3n) is 5.34. The maximum Gasteiger partial charge on any atom is 0.265 e. The molecule has 2 aromatic rings. The predicted molar refractivity (Wildman–Crippen MR) is 119 cm³/mol. The van der Waals surface area contributed by atoms with Crippen molar-refractivity contribution < 1.29 is 14.3 Å². The molecule has 158 valence electrons. The number of ether oxygens (including phenoxy) is 1. The van der Waals surface area contributed by atoms with Crippen LogP contribution in [-0.2, 0) is 9.59 Å². The summed E-state index contributed by atoms with van der Waals surface area (Å²) in [5.74, 6) is 0.354. The number of amides is 2. The third kappa shape index (κ3) is 4.65. The molecule has 2 aliphatic rings. The van der Waals surface area contributed by atoms with Gasteiger partial charge in [0.25, 0.3) is 5.91 Å². The third-order valence-corrected chi connectivity index (χ3v) is 5.89. The standard InChI is InChI=1S/C22H23Cl2N3O3/c23-15-8-9-17(16(24)12-15)25-21(28)14-27-13-20(22(29)26-10-4-1-5-11-26)30-19-7-3-2-6-18(19)27/h2-3,6-9,12,20H,1,4-5,10-11,13-14H2,(H,25,28)/t20-/m0/s1. The Morgan fingerprint density at radius 3 is 2.60 bits per heavy atom. The fourth-order valence-electron chi connectivity index (χ4n) is 3.86. The molecule has 2 aromatic carbocycles. The Kier molecular flexibility index (Phi) is 6.35. The van der Waals surface area contributed by atoms with Crippen LogP contribution in [0.3, 0.4) is 0 Å². The van der Waals surface area contributed by atoms with E-state index in [1.165, 1.54) is 0 Å². The summed E-state index contributed by atoms with van der Waals surface area (Å²) in [7, 11) is 0. The van der Waals surface area contributed by atoms with Gasteiger partial charge in [0.2, 0.25) is 5.91 Å². The molecule has 1 fully saturated rings. The highest BCUT2D eigenvalue weighted by molar-refractivity contribution is 6.36. The van der Waals surface area contributed by atoms with Gasteiger partial charge < -0.3 is 19.9 Å². The van der Waals surface area contributed by atoms with Crippen LogP contribution >= 0.6 is 23.2 Å². The summed E-state index contributed by atoms with van der Waals surface area (Å²) >= 11 is 12.1. The van der Waals surface area contributed by atoms with Crippen molar-refractivity contribution in [1.82, 2.24) is 4.90 Å². The van der Waals surface area contributed by atoms with E-state index in [4.69, 9.17) is 27.9 Å². The van der Waals surface area contributed by atoms with Gasteiger partial charge in [0.1, 0.15) is 5.75 Å². The number of nitrogens with zero attached hydrogens (tertiary/aromatic N) is 2. The zero-order valence-corrected chi connectivity index (χ0v) is 18.0. The fraction of sp³-hybridized carbons (Fsp3) is 0.364. The Bertz CT molecular complexity index is 947. The molecule has 0 unspecified atom stereocenters. The summed E-state index contributed by atoms with van der Waals surface area (Å²) in [5, 5.41) is 3.69. The van der Waals surface area contributed by atoms with E-state index in [-0.39, 0.29) is 18.4 Å². The second-order valence-corrected chi connectivity index (χ2v) is 8.36. The molecule has 2 aliphatic heterocycles. The van der Waals surface area contributed by atoms with Gasteiger partial charge in [-0.15, -0.1) is 0 Å². The maximum absolute atomic E-state index is 13.0. The Morgan fingerprint density at radius 1 is 1.07 bits per heavy atom. The number of likely N-dealkylation sites (tertiary alicyclic amines) is 1. The zero-order chi connectivity index (χ0) is 21.1. The number of anilines is 2. The first-order chi connectivity index (χ1) is 14.5. The Labute approximate surface area is 185 Å². The van der Waals surface area contributed by atoms with Crippen LogP contribution in [0.5, 0.6) is 5.75 Å². The van der Waals surface area contributed by atoms with Crippen molar-refractivity contribution in [1.29, 1.82) is 0 Å². The predicted octanol–water partition coefficient (Wildman–Crippen LogP) is 4.21. The quantitative estimate of drug-likeness (QED) is 0.762. The smallest absolute Gasteiger partial charge is 0.265 e. The highest BCUT2D eigenvalue weighted by Gasteiger charge is 2.34. The minimum atomic E-state index is -0.634. The minimum absolute atomic E-state index is 0.0182. The van der Waals surface area contributed by atoms with Gasteiger partial charge in [0, 0.05) is 18.1 Å². The molecule has 2 heterocycles. The van der Waals surface area contributed by atoms with Gasteiger partial charge in [-0.2, -0.15) is 0 Å². The lowest BCUT2D eigenvalue weighted by molar-refractivity contribution is -0.139. The molecule has 0 bridgehead atoms. The minimum Gasteiger partial charge on any atom is -0.477 e. The number of nitrogens with one attached hydrogen (secondary N) is 1. The van der Waals surface area contributed by atoms with E-state index >= 15 is 0 Å². The molecule has 0 saturated carbocycles. The second-order valence-electron chi connectivity index (χ2n) is 7.51. The molecule has 1 saturated heterocycles. The molecular formula is C22H23Cl2N3O3. The maximum atomic E-state index is 13.0. The van der Waals surface area contributed by atoms with E-state index in [2.05, 4.69) is 5.32 Å². The second kappa shape index (κ2) is 9.14. The first-order valence-corrected chi connectivity index (χ1v) is 10.8. The molecule has 6 nitrogen and oxygen atoms in total. The number of rotatable bonds is 4. The SMILES string of the molecule is O=C(CN1C[C@@H](C(=O)N2CCCCC2)Oc2ccccc21)Nc1ccc(Cl)cc1Cl. The van der Waals surface area contributed by atoms with Gasteiger partial charge in [-0.1, -0.05) is 35.3 Å². The van der Waals surface area contributed by atoms with Crippen molar-refractivity contribution in [2.75, 3.05) is 36.4 Å². The average Bonchev–Trinajstić information content (AvgIpc) is 2.75. The lowest BCUT2D eigenvalue weighted by Gasteiger charge is -2.38. The lowest BCUT2D eigenvalue weighted by Crippen LogP contribution is -2.52. The Hall–Kier alpha value is -2.44. The molecule has 0 aromatic heterocycles. The highest BCUT2D eigenvalue weighted by atomic mass is 35.5. The number of para-hydroxylation sites is 2. The van der Waals surface area contributed by atoms with E-state index in [9.17, 15) is 9.59 Å². The topological polar surface area (TPSA) is 61.9 Å². The number of hydrogen-bond donors (Lipinski definition) is 1. The van der Waals surface area contributed by atoms with Crippen molar-refractivity contribution >= 4 is 46.4 Å². The summed E-state index contributed by atoms with van der Waals surface area (Å²) in [5.41, 5.74) is 1.28. The first-order valence-electron chi connectivity index (χ1n) is 10.1. The molecule has 30 heavy (non-hydrogen) atoms. The number of carbonyl (C=O) groups is 2. The lowest BCUT2D eigenvalue weighted by atomic mass is 10.1. The number of halogens is 2. The number of hydrogen-bond acceptors (Lipinski definition) is 4. The molecule has 1 atom stereocenters. The van der Waals surface area contributed by atoms with Crippen LogP contribution in [0.2, 0.25) is 10.0 Å². The van der Waals surface area contributed by atoms with Crippen LogP contribution in [0.25, 0.3) is 0 Å². The van der Waals surface area contributed by atoms with Crippen molar-refractivity contribution in [2.24, 2.45) is 0 Å². The highest BCUT2D eigenvalue weighted by Crippen LogP contribution is 2.34. The van der Waals surface area contributed by atoms with Crippen molar-refractivity contribution in [2.45, 2.75) is 25.4 Å². The molecular weight excluding hydrogens is 425 g/mol. The van der Waals surface area contributed by atoms with Crippen LogP contribution in [0.15, 0.2) is 42.5 Å². The molecule has 0 spiro atoms. The van der Waals surface area contributed by atoms with Crippen LogP contribution in [0.4, 0.5) is 11.4 Å². The van der Waals surface area contributed by atoms with Gasteiger partial charge in [-0.05, 0) is 49.6 Å². The average molecular weight is 448 g/mol. The van der Waals surface area contributed by atoms with Gasteiger partial charge >= 0.3 is 0 Å². The van der Waals surface area contributed by atoms with Crippen molar-refractivity contribution in [3.8, 4) is 5.75 Å². The molecule has 8 heteroatoms. The van der Waals surface area contributed by atoms with E-state index in [0.29, 0.717) is 28.0 Å². The number of carbonyl (C=O) groups excluding carboxylic acids is 2. The van der Waals surface area contributed by atoms with Crippen LogP contribution in [0.1, 0.15) is 19.3 Å². The summed E-state index contributed by atoms with van der Waals surface area (Å²) < 4.78 is 6.01. The van der Waals surface area contributed by atoms with Crippen molar-refractivity contribution in [3.05, 3.63) is 52.5 Å². The zero-order valence-electron chi connectivity index (χ0n) is 16.4. The van der Waals surface area contributed by atoms with Gasteiger partial charge in [-0.25, -0.2) is 0 Å². The number of fused-ring (bicyclic) bond motifs is 1. The summed E-state index contributed by atoms with van der Waals surface area (Å²) in [4.78, 5) is 29.5. The number of benzene rings is 2. The van der Waals surface area contributed by atoms with Gasteiger partial charge in [0.05, 0.1) is 29.5 Å². The van der Waals surface area contributed by atoms with E-state index < -0.39 is 6.10 Å². The fourth-order valence-corrected chi connectivity index (χ4v) is 4.31. The molecule has 1 N–H and O–H groups in total. The first kappa shape index (κ1) is 20.8. The Balaban J connectivity index is 1.49.